The second-order valence-corrected chi connectivity index (χ2v) is 6.16. The number of likely N-dealkylation sites (tertiary alicyclic amines) is 1. The van der Waals surface area contributed by atoms with Crippen molar-refractivity contribution in [3.63, 3.8) is 0 Å². The maximum absolute atomic E-state index is 12.7. The summed E-state index contributed by atoms with van der Waals surface area (Å²) in [6, 6.07) is 9.54. The quantitative estimate of drug-likeness (QED) is 0.906. The number of amides is 1. The lowest BCUT2D eigenvalue weighted by Gasteiger charge is -2.19. The Kier molecular flexibility index (Phi) is 5.82. The first-order valence-corrected chi connectivity index (χ1v) is 8.75. The fourth-order valence-corrected chi connectivity index (χ4v) is 3.04. The van der Waals surface area contributed by atoms with Gasteiger partial charge >= 0.3 is 0 Å². The molecule has 0 atom stereocenters. The third-order valence-corrected chi connectivity index (χ3v) is 4.43. The average molecular weight is 340 g/mol. The number of para-hydroxylation sites is 1. The summed E-state index contributed by atoms with van der Waals surface area (Å²) in [6.45, 7) is 2.19. The molecule has 1 fully saturated rings. The van der Waals surface area contributed by atoms with E-state index in [1.54, 1.807) is 13.2 Å². The van der Waals surface area contributed by atoms with E-state index in [1.165, 1.54) is 19.2 Å². The molecule has 1 aromatic heterocycles. The second kappa shape index (κ2) is 8.46. The second-order valence-electron chi connectivity index (χ2n) is 6.16. The predicted octanol–water partition coefficient (Wildman–Crippen LogP) is 3.11. The molecule has 6 heteroatoms. The van der Waals surface area contributed by atoms with Crippen LogP contribution in [0.15, 0.2) is 36.7 Å². The van der Waals surface area contributed by atoms with Crippen LogP contribution >= 0.6 is 0 Å². The summed E-state index contributed by atoms with van der Waals surface area (Å²) in [5.74, 6) is 1.45. The first kappa shape index (κ1) is 17.2. The molecule has 3 rings (SSSR count). The summed E-state index contributed by atoms with van der Waals surface area (Å²) >= 11 is 0. The van der Waals surface area contributed by atoms with Gasteiger partial charge in [0, 0.05) is 31.3 Å². The minimum atomic E-state index is -0.00959. The van der Waals surface area contributed by atoms with Gasteiger partial charge in [0.05, 0.1) is 7.11 Å². The summed E-state index contributed by atoms with van der Waals surface area (Å²) < 4.78 is 5.35. The molecule has 6 nitrogen and oxygen atoms in total. The summed E-state index contributed by atoms with van der Waals surface area (Å²) in [6.07, 6.45) is 5.96. The van der Waals surface area contributed by atoms with Crippen molar-refractivity contribution in [1.29, 1.82) is 0 Å². The number of hydrogen-bond acceptors (Lipinski definition) is 5. The van der Waals surface area contributed by atoms with Crippen molar-refractivity contribution >= 4 is 11.7 Å². The van der Waals surface area contributed by atoms with E-state index < -0.39 is 0 Å². The fourth-order valence-electron chi connectivity index (χ4n) is 3.04. The molecular formula is C19H24N4O2. The van der Waals surface area contributed by atoms with Crippen LogP contribution in [0.1, 0.15) is 41.7 Å². The van der Waals surface area contributed by atoms with E-state index in [4.69, 9.17) is 4.74 Å². The molecule has 2 heterocycles. The van der Waals surface area contributed by atoms with E-state index in [2.05, 4.69) is 15.3 Å². The highest BCUT2D eigenvalue weighted by Gasteiger charge is 2.19. The van der Waals surface area contributed by atoms with Crippen LogP contribution in [0.3, 0.4) is 0 Å². The Morgan fingerprint density at radius 2 is 1.92 bits per heavy atom. The topological polar surface area (TPSA) is 67.3 Å². The number of rotatable bonds is 5. The summed E-state index contributed by atoms with van der Waals surface area (Å²) in [7, 11) is 1.65. The molecule has 25 heavy (non-hydrogen) atoms. The van der Waals surface area contributed by atoms with Crippen molar-refractivity contribution < 1.29 is 9.53 Å². The van der Waals surface area contributed by atoms with Crippen LogP contribution < -0.4 is 10.1 Å². The Morgan fingerprint density at radius 1 is 1.16 bits per heavy atom. The van der Waals surface area contributed by atoms with Crippen LogP contribution in [0.25, 0.3) is 0 Å². The van der Waals surface area contributed by atoms with E-state index >= 15 is 0 Å². The first-order valence-electron chi connectivity index (χ1n) is 8.75. The number of carbonyl (C=O) groups is 1. The molecular weight excluding hydrogens is 316 g/mol. The van der Waals surface area contributed by atoms with Crippen molar-refractivity contribution in [3.8, 4) is 5.75 Å². The van der Waals surface area contributed by atoms with Crippen molar-refractivity contribution in [2.75, 3.05) is 25.5 Å². The predicted molar refractivity (Wildman–Crippen MR) is 96.7 cm³/mol. The van der Waals surface area contributed by atoms with Gasteiger partial charge in [-0.25, -0.2) is 9.97 Å². The lowest BCUT2D eigenvalue weighted by atomic mass is 10.2. The molecule has 0 aliphatic carbocycles. The van der Waals surface area contributed by atoms with E-state index in [-0.39, 0.29) is 5.91 Å². The lowest BCUT2D eigenvalue weighted by Crippen LogP contribution is -2.32. The van der Waals surface area contributed by atoms with Gasteiger partial charge in [-0.05, 0) is 18.9 Å². The summed E-state index contributed by atoms with van der Waals surface area (Å²) in [5, 5.41) is 3.24. The highest BCUT2D eigenvalue weighted by molar-refractivity contribution is 5.92. The zero-order valence-corrected chi connectivity index (χ0v) is 14.6. The van der Waals surface area contributed by atoms with Gasteiger partial charge in [-0.2, -0.15) is 0 Å². The number of carbonyl (C=O) groups excluding carboxylic acids is 1. The Morgan fingerprint density at radius 3 is 2.68 bits per heavy atom. The van der Waals surface area contributed by atoms with E-state index in [0.717, 1.165) is 37.2 Å². The van der Waals surface area contributed by atoms with Crippen LogP contribution in [0, 0.1) is 0 Å². The van der Waals surface area contributed by atoms with Crippen LogP contribution in [0.4, 0.5) is 5.82 Å². The minimum absolute atomic E-state index is 0.00959. The largest absolute Gasteiger partial charge is 0.496 e. The number of methoxy groups -OCH3 is 1. The SMILES string of the molecule is COc1ccccc1CNc1cc(C(=O)N2CCCCCC2)ncn1. The smallest absolute Gasteiger partial charge is 0.272 e. The maximum Gasteiger partial charge on any atom is 0.272 e. The highest BCUT2D eigenvalue weighted by Crippen LogP contribution is 2.19. The van der Waals surface area contributed by atoms with Gasteiger partial charge in [0.25, 0.3) is 5.91 Å². The maximum atomic E-state index is 12.7. The van der Waals surface area contributed by atoms with Gasteiger partial charge in [-0.15, -0.1) is 0 Å². The molecule has 1 aliphatic heterocycles. The van der Waals surface area contributed by atoms with E-state index in [9.17, 15) is 4.79 Å². The van der Waals surface area contributed by atoms with Gasteiger partial charge in [0.15, 0.2) is 0 Å². The van der Waals surface area contributed by atoms with Crippen molar-refractivity contribution in [3.05, 3.63) is 47.9 Å². The Balaban J connectivity index is 1.67. The van der Waals surface area contributed by atoms with Crippen molar-refractivity contribution in [2.24, 2.45) is 0 Å². The molecule has 1 aliphatic rings. The molecule has 132 valence electrons. The number of aromatic nitrogens is 2. The van der Waals surface area contributed by atoms with Crippen molar-refractivity contribution in [1.82, 2.24) is 14.9 Å². The molecule has 0 saturated carbocycles. The summed E-state index contributed by atoms with van der Waals surface area (Å²) in [4.78, 5) is 23.0. The highest BCUT2D eigenvalue weighted by atomic mass is 16.5. The van der Waals surface area contributed by atoms with Gasteiger partial charge in [-0.1, -0.05) is 31.0 Å². The molecule has 1 saturated heterocycles. The van der Waals surface area contributed by atoms with Crippen molar-refractivity contribution in [2.45, 2.75) is 32.2 Å². The molecule has 2 aromatic rings. The number of nitrogens with one attached hydrogen (secondary N) is 1. The Bertz CT molecular complexity index is 712. The van der Waals surface area contributed by atoms with Gasteiger partial charge in [0.1, 0.15) is 23.6 Å². The van der Waals surface area contributed by atoms with Crippen LogP contribution in [0.2, 0.25) is 0 Å². The molecule has 1 aromatic carbocycles. The van der Waals surface area contributed by atoms with Crippen LogP contribution in [-0.4, -0.2) is 41.0 Å². The third-order valence-electron chi connectivity index (χ3n) is 4.43. The van der Waals surface area contributed by atoms with Crippen LogP contribution in [-0.2, 0) is 6.54 Å². The summed E-state index contributed by atoms with van der Waals surface area (Å²) in [5.41, 5.74) is 1.48. The molecule has 0 spiro atoms. The Labute approximate surface area is 148 Å². The molecule has 0 bridgehead atoms. The minimum Gasteiger partial charge on any atom is -0.496 e. The number of nitrogens with zero attached hydrogens (tertiary/aromatic N) is 3. The first-order chi connectivity index (χ1) is 12.3. The normalized spacial score (nSPS) is 14.7. The Hall–Kier alpha value is -2.63. The van der Waals surface area contributed by atoms with Gasteiger partial charge in [0.2, 0.25) is 0 Å². The molecule has 0 unspecified atom stereocenters. The third kappa shape index (κ3) is 4.47. The number of anilines is 1. The standard InChI is InChI=1S/C19H24N4O2/c1-25-17-9-5-4-8-15(17)13-20-18-12-16(21-14-22-18)19(24)23-10-6-2-3-7-11-23/h4-5,8-9,12,14H,2-3,6-7,10-11,13H2,1H3,(H,20,21,22). The zero-order chi connectivity index (χ0) is 17.5. The van der Waals surface area contributed by atoms with E-state index in [0.29, 0.717) is 18.1 Å². The zero-order valence-electron chi connectivity index (χ0n) is 14.6. The lowest BCUT2D eigenvalue weighted by molar-refractivity contribution is 0.0755. The molecule has 1 amide bonds. The number of hydrogen-bond donors (Lipinski definition) is 1. The average Bonchev–Trinajstić information content (AvgIpc) is 2.95. The monoisotopic (exact) mass is 340 g/mol. The van der Waals surface area contributed by atoms with Crippen LogP contribution in [0.5, 0.6) is 5.75 Å². The number of ether oxygens (including phenoxy) is 1. The number of benzene rings is 1. The molecule has 1 N–H and O–H groups in total. The van der Waals surface area contributed by atoms with E-state index in [1.807, 2.05) is 29.2 Å². The fraction of sp³-hybridized carbons (Fsp3) is 0.421. The molecule has 0 radical (unpaired) electrons. The van der Waals surface area contributed by atoms with Gasteiger partial charge in [-0.3, -0.25) is 4.79 Å². The van der Waals surface area contributed by atoms with Gasteiger partial charge < -0.3 is 15.0 Å².